The van der Waals surface area contributed by atoms with Crippen molar-refractivity contribution in [2.24, 2.45) is 0 Å². The van der Waals surface area contributed by atoms with Gasteiger partial charge >= 0.3 is 0 Å². The molecule has 108 valence electrons. The van der Waals surface area contributed by atoms with Gasteiger partial charge in [-0.2, -0.15) is 0 Å². The molecule has 0 bridgehead atoms. The fraction of sp³-hybridized carbons (Fsp3) is 0.833. The molecule has 2 aliphatic heterocycles. The van der Waals surface area contributed by atoms with Gasteiger partial charge in [0.25, 0.3) is 0 Å². The van der Waals surface area contributed by atoms with Crippen LogP contribution in [0.5, 0.6) is 0 Å². The van der Waals surface area contributed by atoms with Crippen LogP contribution in [0.3, 0.4) is 0 Å². The van der Waals surface area contributed by atoms with Crippen LogP contribution in [0.15, 0.2) is 0 Å². The summed E-state index contributed by atoms with van der Waals surface area (Å²) in [6.07, 6.45) is 1.26. The van der Waals surface area contributed by atoms with Crippen LogP contribution in [0, 0.1) is 0 Å². The number of fused-ring (bicyclic) bond motifs is 1. The molecule has 0 saturated carbocycles. The van der Waals surface area contributed by atoms with Crippen LogP contribution in [0.2, 0.25) is 0 Å². The molecule has 0 aromatic heterocycles. The van der Waals surface area contributed by atoms with Gasteiger partial charge in [0.1, 0.15) is 11.6 Å². The lowest BCUT2D eigenvalue weighted by atomic mass is 10.1. The fourth-order valence-electron chi connectivity index (χ4n) is 2.47. The number of thioether (sulfide) groups is 1. The van der Waals surface area contributed by atoms with Crippen LogP contribution >= 0.6 is 11.8 Å². The molecule has 6 nitrogen and oxygen atoms in total. The Bertz CT molecular complexity index is 401. The Morgan fingerprint density at radius 2 is 2.37 bits per heavy atom. The van der Waals surface area contributed by atoms with Gasteiger partial charge in [-0.15, -0.1) is 11.8 Å². The quantitative estimate of drug-likeness (QED) is 0.636. The van der Waals surface area contributed by atoms with Gasteiger partial charge in [0, 0.05) is 18.7 Å². The molecule has 7 heteroatoms. The number of hydrogen-bond acceptors (Lipinski definition) is 5. The maximum atomic E-state index is 12.1. The van der Waals surface area contributed by atoms with E-state index in [9.17, 15) is 14.7 Å². The number of carbonyl (C=O) groups excluding carboxylic acids is 2. The van der Waals surface area contributed by atoms with Crippen molar-refractivity contribution in [2.75, 3.05) is 18.9 Å². The molecule has 2 amide bonds. The number of amides is 2. The molecule has 0 spiro atoms. The highest BCUT2D eigenvalue weighted by Gasteiger charge is 2.52. The summed E-state index contributed by atoms with van der Waals surface area (Å²) in [6, 6.07) is -0.473. The van der Waals surface area contributed by atoms with Crippen molar-refractivity contribution in [3.63, 3.8) is 0 Å². The Labute approximate surface area is 116 Å². The largest absolute Gasteiger partial charge is 0.393 e. The summed E-state index contributed by atoms with van der Waals surface area (Å²) in [5.41, 5.74) is -1.33. The van der Waals surface area contributed by atoms with Gasteiger partial charge in [0.2, 0.25) is 11.8 Å². The van der Waals surface area contributed by atoms with Crippen LogP contribution in [-0.4, -0.2) is 62.3 Å². The lowest BCUT2D eigenvalue weighted by molar-refractivity contribution is -0.138. The van der Waals surface area contributed by atoms with Crippen LogP contribution in [0.4, 0.5) is 0 Å². The van der Waals surface area contributed by atoms with Crippen LogP contribution in [-0.2, 0) is 9.59 Å². The minimum Gasteiger partial charge on any atom is -0.393 e. The van der Waals surface area contributed by atoms with Gasteiger partial charge in [-0.1, -0.05) is 0 Å². The summed E-state index contributed by atoms with van der Waals surface area (Å²) in [6.45, 7) is 2.98. The predicted octanol–water partition coefficient (Wildman–Crippen LogP) is -0.700. The second-order valence-corrected chi connectivity index (χ2v) is 7.14. The standard InChI is InChI=1S/C12H20N2O4S/c1-11(18,7-15)6-13-10(17)8-5-19-12(2)4-3-9(16)14(8)12/h8,15,18H,3-7H2,1-2H3,(H,13,17). The zero-order valence-corrected chi connectivity index (χ0v) is 12.0. The summed E-state index contributed by atoms with van der Waals surface area (Å²) in [4.78, 5) is 25.4. The van der Waals surface area contributed by atoms with E-state index < -0.39 is 18.2 Å². The van der Waals surface area contributed by atoms with E-state index in [2.05, 4.69) is 5.32 Å². The summed E-state index contributed by atoms with van der Waals surface area (Å²) in [7, 11) is 0. The molecule has 2 rings (SSSR count). The first-order chi connectivity index (χ1) is 8.79. The molecule has 2 saturated heterocycles. The molecule has 19 heavy (non-hydrogen) atoms. The lowest BCUT2D eigenvalue weighted by Gasteiger charge is -2.30. The van der Waals surface area contributed by atoms with Crippen molar-refractivity contribution < 1.29 is 19.8 Å². The van der Waals surface area contributed by atoms with Gasteiger partial charge in [0.05, 0.1) is 11.5 Å². The van der Waals surface area contributed by atoms with E-state index in [4.69, 9.17) is 5.11 Å². The first kappa shape index (κ1) is 14.6. The highest BCUT2D eigenvalue weighted by atomic mass is 32.2. The van der Waals surface area contributed by atoms with Crippen LogP contribution in [0.1, 0.15) is 26.7 Å². The average molecular weight is 288 g/mol. The molecule has 3 atom stereocenters. The van der Waals surface area contributed by atoms with Crippen molar-refractivity contribution in [3.05, 3.63) is 0 Å². The van der Waals surface area contributed by atoms with Crippen molar-refractivity contribution in [1.82, 2.24) is 10.2 Å². The Balaban J connectivity index is 1.99. The molecular weight excluding hydrogens is 268 g/mol. The molecule has 0 aromatic carbocycles. The molecule has 3 N–H and O–H groups in total. The first-order valence-electron chi connectivity index (χ1n) is 6.36. The van der Waals surface area contributed by atoms with Crippen molar-refractivity contribution in [3.8, 4) is 0 Å². The predicted molar refractivity (Wildman–Crippen MR) is 71.5 cm³/mol. The van der Waals surface area contributed by atoms with Crippen molar-refractivity contribution in [2.45, 2.75) is 43.2 Å². The van der Waals surface area contributed by atoms with E-state index in [0.717, 1.165) is 6.42 Å². The zero-order chi connectivity index (χ0) is 14.3. The molecule has 2 heterocycles. The lowest BCUT2D eigenvalue weighted by Crippen LogP contribution is -2.53. The maximum absolute atomic E-state index is 12.1. The normalized spacial score (nSPS) is 33.2. The second kappa shape index (κ2) is 4.96. The zero-order valence-electron chi connectivity index (χ0n) is 11.2. The molecule has 2 fully saturated rings. The van der Waals surface area contributed by atoms with E-state index in [1.54, 1.807) is 16.7 Å². The summed E-state index contributed by atoms with van der Waals surface area (Å²) in [5.74, 6) is 0.330. The van der Waals surface area contributed by atoms with Crippen LogP contribution < -0.4 is 5.32 Å². The number of aliphatic hydroxyl groups excluding tert-OH is 1. The molecule has 3 unspecified atom stereocenters. The average Bonchev–Trinajstić information content (AvgIpc) is 2.84. The highest BCUT2D eigenvalue weighted by Crippen LogP contribution is 2.47. The van der Waals surface area contributed by atoms with Gasteiger partial charge in [-0.3, -0.25) is 9.59 Å². The topological polar surface area (TPSA) is 89.9 Å². The number of nitrogens with zero attached hydrogens (tertiary/aromatic N) is 1. The van der Waals surface area contributed by atoms with E-state index in [1.807, 2.05) is 6.92 Å². The number of carbonyl (C=O) groups is 2. The van der Waals surface area contributed by atoms with E-state index in [0.29, 0.717) is 12.2 Å². The minimum absolute atomic E-state index is 0.0153. The first-order valence-corrected chi connectivity index (χ1v) is 7.35. The number of hydrogen-bond donors (Lipinski definition) is 3. The molecule has 0 aromatic rings. The van der Waals surface area contributed by atoms with E-state index >= 15 is 0 Å². The van der Waals surface area contributed by atoms with E-state index in [1.165, 1.54) is 6.92 Å². The maximum Gasteiger partial charge on any atom is 0.243 e. The summed E-state index contributed by atoms with van der Waals surface area (Å²) >= 11 is 1.63. The second-order valence-electron chi connectivity index (χ2n) is 5.64. The SMILES string of the molecule is CC(O)(CO)CNC(=O)C1CSC2(C)CCC(=O)N12. The van der Waals surface area contributed by atoms with Gasteiger partial charge in [-0.25, -0.2) is 0 Å². The Hall–Kier alpha value is -0.790. The number of aliphatic hydroxyl groups is 2. The molecule has 0 aliphatic carbocycles. The Morgan fingerprint density at radius 3 is 3.00 bits per heavy atom. The monoisotopic (exact) mass is 288 g/mol. The summed E-state index contributed by atoms with van der Waals surface area (Å²) < 4.78 is 0. The third-order valence-corrected chi connectivity index (χ3v) is 5.24. The third-order valence-electron chi connectivity index (χ3n) is 3.73. The highest BCUT2D eigenvalue weighted by molar-refractivity contribution is 8.01. The smallest absolute Gasteiger partial charge is 0.243 e. The van der Waals surface area contributed by atoms with Crippen molar-refractivity contribution in [1.29, 1.82) is 0 Å². The van der Waals surface area contributed by atoms with Crippen LogP contribution in [0.25, 0.3) is 0 Å². The fourth-order valence-corrected chi connectivity index (χ4v) is 3.90. The molecular formula is C12H20N2O4S. The molecule has 2 aliphatic rings. The minimum atomic E-state index is -1.33. The van der Waals surface area contributed by atoms with Gasteiger partial charge in [-0.05, 0) is 20.3 Å². The van der Waals surface area contributed by atoms with E-state index in [-0.39, 0.29) is 23.2 Å². The molecule has 0 radical (unpaired) electrons. The summed E-state index contributed by atoms with van der Waals surface area (Å²) in [5, 5.41) is 21.2. The Kier molecular flexibility index (Phi) is 3.81. The third kappa shape index (κ3) is 2.73. The van der Waals surface area contributed by atoms with Gasteiger partial charge in [0.15, 0.2) is 0 Å². The van der Waals surface area contributed by atoms with Gasteiger partial charge < -0.3 is 20.4 Å². The number of rotatable bonds is 4. The van der Waals surface area contributed by atoms with Crippen molar-refractivity contribution >= 4 is 23.6 Å². The number of nitrogens with one attached hydrogen (secondary N) is 1. The Morgan fingerprint density at radius 1 is 1.68 bits per heavy atom.